The zero-order valence-corrected chi connectivity index (χ0v) is 13.4. The third-order valence-corrected chi connectivity index (χ3v) is 3.34. The van der Waals surface area contributed by atoms with E-state index in [0.717, 1.165) is 0 Å². The first-order chi connectivity index (χ1) is 9.77. The third kappa shape index (κ3) is 4.39. The molecule has 0 saturated carbocycles. The highest BCUT2D eigenvalue weighted by Crippen LogP contribution is 2.18. The summed E-state index contributed by atoms with van der Waals surface area (Å²) in [5.41, 5.74) is 0.120. The van der Waals surface area contributed by atoms with Crippen LogP contribution in [0.5, 0.6) is 0 Å². The maximum atomic E-state index is 12.5. The molecular formula is C14H20ClN3O3. The number of aliphatic carboxylic acids is 1. The second-order valence-electron chi connectivity index (χ2n) is 5.16. The number of aromatic nitrogens is 2. The summed E-state index contributed by atoms with van der Waals surface area (Å²) < 4.78 is 0. The summed E-state index contributed by atoms with van der Waals surface area (Å²) >= 11 is 6.01. The Hall–Kier alpha value is -1.69. The van der Waals surface area contributed by atoms with E-state index in [9.17, 15) is 9.59 Å². The van der Waals surface area contributed by atoms with Crippen LogP contribution < -0.4 is 0 Å². The molecule has 1 heterocycles. The number of nitrogens with zero attached hydrogens (tertiary/aromatic N) is 3. The number of amides is 1. The summed E-state index contributed by atoms with van der Waals surface area (Å²) in [6, 6.07) is 0. The fourth-order valence-corrected chi connectivity index (χ4v) is 1.89. The van der Waals surface area contributed by atoms with E-state index < -0.39 is 11.9 Å². The molecule has 0 saturated heterocycles. The molecule has 0 spiro atoms. The first-order valence-corrected chi connectivity index (χ1v) is 7.20. The monoisotopic (exact) mass is 313 g/mol. The Kier molecular flexibility index (Phi) is 6.08. The molecule has 0 aromatic carbocycles. The maximum absolute atomic E-state index is 12.5. The van der Waals surface area contributed by atoms with E-state index in [1.807, 2.05) is 13.8 Å². The van der Waals surface area contributed by atoms with Crippen molar-refractivity contribution in [3.05, 3.63) is 22.7 Å². The van der Waals surface area contributed by atoms with Gasteiger partial charge in [-0.3, -0.25) is 9.59 Å². The van der Waals surface area contributed by atoms with Crippen molar-refractivity contribution in [2.45, 2.75) is 33.6 Å². The van der Waals surface area contributed by atoms with Crippen LogP contribution in [0.25, 0.3) is 0 Å². The Balaban J connectivity index is 3.04. The Labute approximate surface area is 129 Å². The molecule has 1 rings (SSSR count). The Morgan fingerprint density at radius 2 is 2.00 bits per heavy atom. The van der Waals surface area contributed by atoms with E-state index in [1.54, 1.807) is 13.8 Å². The minimum Gasteiger partial charge on any atom is -0.481 e. The quantitative estimate of drug-likeness (QED) is 0.872. The number of carbonyl (C=O) groups excluding carboxylic acids is 1. The van der Waals surface area contributed by atoms with Gasteiger partial charge in [-0.25, -0.2) is 9.97 Å². The molecule has 1 aromatic rings. The van der Waals surface area contributed by atoms with Gasteiger partial charge in [-0.2, -0.15) is 0 Å². The summed E-state index contributed by atoms with van der Waals surface area (Å²) in [4.78, 5) is 33.1. The molecule has 0 aliphatic heterocycles. The molecule has 1 aromatic heterocycles. The molecule has 0 aliphatic carbocycles. The Bertz CT molecular complexity index is 534. The fourth-order valence-electron chi connectivity index (χ4n) is 1.72. The maximum Gasteiger partial charge on any atom is 0.308 e. The second-order valence-corrected chi connectivity index (χ2v) is 5.57. The van der Waals surface area contributed by atoms with E-state index in [-0.39, 0.29) is 29.1 Å². The Morgan fingerprint density at radius 3 is 2.48 bits per heavy atom. The van der Waals surface area contributed by atoms with Crippen molar-refractivity contribution in [2.75, 3.05) is 13.1 Å². The predicted molar refractivity (Wildman–Crippen MR) is 79.5 cm³/mol. The molecule has 1 atom stereocenters. The average molecular weight is 314 g/mol. The van der Waals surface area contributed by atoms with Crippen molar-refractivity contribution in [1.82, 2.24) is 14.9 Å². The van der Waals surface area contributed by atoms with E-state index in [2.05, 4.69) is 9.97 Å². The number of carboxylic acid groups (broad SMARTS) is 1. The molecule has 21 heavy (non-hydrogen) atoms. The molecule has 116 valence electrons. The summed E-state index contributed by atoms with van der Waals surface area (Å²) in [5.74, 6) is -1.37. The minimum atomic E-state index is -0.946. The van der Waals surface area contributed by atoms with Gasteiger partial charge in [-0.1, -0.05) is 32.4 Å². The molecule has 0 aliphatic rings. The number of carbonyl (C=O) groups is 2. The van der Waals surface area contributed by atoms with Crippen LogP contribution in [0.1, 0.15) is 49.9 Å². The highest BCUT2D eigenvalue weighted by molar-refractivity contribution is 6.33. The van der Waals surface area contributed by atoms with Crippen LogP contribution in [0.4, 0.5) is 0 Å². The molecule has 1 amide bonds. The number of hydrogen-bond acceptors (Lipinski definition) is 4. The van der Waals surface area contributed by atoms with Crippen LogP contribution in [0.3, 0.4) is 0 Å². The molecule has 1 unspecified atom stereocenters. The average Bonchev–Trinajstić information content (AvgIpc) is 2.43. The third-order valence-electron chi connectivity index (χ3n) is 3.07. The van der Waals surface area contributed by atoms with Gasteiger partial charge in [0.1, 0.15) is 5.82 Å². The predicted octanol–water partition coefficient (Wildman–Crippen LogP) is 2.44. The normalized spacial score (nSPS) is 12.3. The summed E-state index contributed by atoms with van der Waals surface area (Å²) in [5, 5.41) is 9.13. The van der Waals surface area contributed by atoms with Gasteiger partial charge < -0.3 is 10.0 Å². The minimum absolute atomic E-state index is 0.0711. The van der Waals surface area contributed by atoms with E-state index in [1.165, 1.54) is 11.1 Å². The highest BCUT2D eigenvalue weighted by Gasteiger charge is 2.24. The van der Waals surface area contributed by atoms with Crippen LogP contribution in [-0.4, -0.2) is 44.9 Å². The van der Waals surface area contributed by atoms with Crippen molar-refractivity contribution >= 4 is 23.5 Å². The number of hydrogen-bond donors (Lipinski definition) is 1. The largest absolute Gasteiger partial charge is 0.481 e. The SMILES string of the molecule is CCN(CC(C)C(=O)O)C(=O)c1nc(C(C)C)ncc1Cl. The van der Waals surface area contributed by atoms with Crippen LogP contribution in [-0.2, 0) is 4.79 Å². The molecule has 0 radical (unpaired) electrons. The lowest BCUT2D eigenvalue weighted by atomic mass is 10.1. The highest BCUT2D eigenvalue weighted by atomic mass is 35.5. The van der Waals surface area contributed by atoms with Crippen LogP contribution in [0, 0.1) is 5.92 Å². The lowest BCUT2D eigenvalue weighted by molar-refractivity contribution is -0.141. The summed E-state index contributed by atoms with van der Waals surface area (Å²) in [6.45, 7) is 7.67. The molecule has 6 nitrogen and oxygen atoms in total. The van der Waals surface area contributed by atoms with Crippen molar-refractivity contribution < 1.29 is 14.7 Å². The topological polar surface area (TPSA) is 83.4 Å². The van der Waals surface area contributed by atoms with Crippen molar-refractivity contribution in [2.24, 2.45) is 5.92 Å². The summed E-state index contributed by atoms with van der Waals surface area (Å²) in [6.07, 6.45) is 1.41. The van der Waals surface area contributed by atoms with Gasteiger partial charge in [0.15, 0.2) is 5.69 Å². The van der Waals surface area contributed by atoms with Crippen molar-refractivity contribution in [3.8, 4) is 0 Å². The first-order valence-electron chi connectivity index (χ1n) is 6.82. The van der Waals surface area contributed by atoms with E-state index in [0.29, 0.717) is 12.4 Å². The molecule has 0 bridgehead atoms. The van der Waals surface area contributed by atoms with Gasteiger partial charge in [0, 0.05) is 19.0 Å². The van der Waals surface area contributed by atoms with Crippen LogP contribution >= 0.6 is 11.6 Å². The van der Waals surface area contributed by atoms with Crippen molar-refractivity contribution in [1.29, 1.82) is 0 Å². The molecule has 0 fully saturated rings. The molecule has 1 N–H and O–H groups in total. The van der Waals surface area contributed by atoms with Gasteiger partial charge in [0.25, 0.3) is 5.91 Å². The van der Waals surface area contributed by atoms with Crippen molar-refractivity contribution in [3.63, 3.8) is 0 Å². The second kappa shape index (κ2) is 7.36. The van der Waals surface area contributed by atoms with E-state index in [4.69, 9.17) is 16.7 Å². The number of carboxylic acids is 1. The van der Waals surface area contributed by atoms with Gasteiger partial charge in [-0.15, -0.1) is 0 Å². The van der Waals surface area contributed by atoms with Crippen LogP contribution in [0.2, 0.25) is 5.02 Å². The number of rotatable bonds is 6. The zero-order valence-electron chi connectivity index (χ0n) is 12.6. The smallest absolute Gasteiger partial charge is 0.308 e. The van der Waals surface area contributed by atoms with Gasteiger partial charge in [-0.05, 0) is 6.92 Å². The lowest BCUT2D eigenvalue weighted by Gasteiger charge is -2.23. The van der Waals surface area contributed by atoms with Gasteiger partial charge in [0.05, 0.1) is 17.1 Å². The van der Waals surface area contributed by atoms with E-state index >= 15 is 0 Å². The summed E-state index contributed by atoms with van der Waals surface area (Å²) in [7, 11) is 0. The van der Waals surface area contributed by atoms with Gasteiger partial charge >= 0.3 is 5.97 Å². The fraction of sp³-hybridized carbons (Fsp3) is 0.571. The molecule has 7 heteroatoms. The standard InChI is InChI=1S/C14H20ClN3O3/c1-5-18(7-9(4)14(20)21)13(19)11-10(15)6-16-12(17-11)8(2)3/h6,8-9H,5,7H2,1-4H3,(H,20,21). The zero-order chi connectivity index (χ0) is 16.2. The Morgan fingerprint density at radius 1 is 1.38 bits per heavy atom. The lowest BCUT2D eigenvalue weighted by Crippen LogP contribution is -2.37. The van der Waals surface area contributed by atoms with Gasteiger partial charge in [0.2, 0.25) is 0 Å². The first kappa shape index (κ1) is 17.4. The van der Waals surface area contributed by atoms with Crippen LogP contribution in [0.15, 0.2) is 6.20 Å². The molecular weight excluding hydrogens is 294 g/mol. The number of halogens is 1.